The van der Waals surface area contributed by atoms with Gasteiger partial charge in [0, 0.05) is 11.1 Å². The van der Waals surface area contributed by atoms with Gasteiger partial charge in [-0.1, -0.05) is 25.4 Å². The number of rotatable bonds is 2. The summed E-state index contributed by atoms with van der Waals surface area (Å²) in [5.74, 6) is 0. The van der Waals surface area contributed by atoms with Gasteiger partial charge < -0.3 is 4.42 Å². The molecule has 0 aliphatic heterocycles. The highest BCUT2D eigenvalue weighted by Gasteiger charge is 2.12. The Hall–Kier alpha value is -1.28. The van der Waals surface area contributed by atoms with Gasteiger partial charge in [-0.25, -0.2) is 0 Å². The zero-order chi connectivity index (χ0) is 11.7. The third-order valence-electron chi connectivity index (χ3n) is 2.80. The first kappa shape index (κ1) is 11.2. The molecule has 0 N–H and O–H groups in total. The Bertz CT molecular complexity index is 584. The van der Waals surface area contributed by atoms with Crippen LogP contribution in [0.25, 0.3) is 11.0 Å². The molecule has 1 heterocycles. The molecule has 0 unspecified atom stereocenters. The highest BCUT2D eigenvalue weighted by molar-refractivity contribution is 6.33. The van der Waals surface area contributed by atoms with Crippen molar-refractivity contribution in [2.24, 2.45) is 0 Å². The molecular weight excluding hydrogens is 224 g/mol. The number of hydrogen-bond acceptors (Lipinski definition) is 2. The van der Waals surface area contributed by atoms with Gasteiger partial charge in [0.2, 0.25) is 0 Å². The largest absolute Gasteiger partial charge is 0.464 e. The molecule has 1 aromatic carbocycles. The second kappa shape index (κ2) is 4.30. The van der Waals surface area contributed by atoms with E-state index in [1.165, 1.54) is 12.3 Å². The van der Waals surface area contributed by atoms with Crippen LogP contribution in [-0.2, 0) is 12.8 Å². The van der Waals surface area contributed by atoms with E-state index in [0.29, 0.717) is 16.0 Å². The van der Waals surface area contributed by atoms with Gasteiger partial charge in [0.25, 0.3) is 0 Å². The Kier molecular flexibility index (Phi) is 3.01. The first-order chi connectivity index (χ1) is 7.69. The van der Waals surface area contributed by atoms with E-state index in [1.54, 1.807) is 0 Å². The van der Waals surface area contributed by atoms with Gasteiger partial charge in [0.05, 0.1) is 11.6 Å². The molecule has 0 radical (unpaired) electrons. The lowest BCUT2D eigenvalue weighted by Gasteiger charge is -2.09. The zero-order valence-corrected chi connectivity index (χ0v) is 10.1. The van der Waals surface area contributed by atoms with Crippen molar-refractivity contribution in [1.29, 1.82) is 0 Å². The molecule has 84 valence electrons. The van der Waals surface area contributed by atoms with Crippen molar-refractivity contribution in [1.82, 2.24) is 0 Å². The predicted octanol–water partition coefficient (Wildman–Crippen LogP) is 3.57. The van der Waals surface area contributed by atoms with E-state index >= 15 is 0 Å². The molecule has 0 atom stereocenters. The highest BCUT2D eigenvalue weighted by atomic mass is 35.5. The Morgan fingerprint density at radius 1 is 1.31 bits per heavy atom. The summed E-state index contributed by atoms with van der Waals surface area (Å²) in [5, 5.41) is 1.32. The second-order valence-corrected chi connectivity index (χ2v) is 4.07. The summed E-state index contributed by atoms with van der Waals surface area (Å²) in [6, 6.07) is 3.29. The standard InChI is InChI=1S/C13H13ClO2/c1-3-8-7-11-12(9(4-2)13(8)14)10(15)5-6-16-11/h5-7H,3-4H2,1-2H3. The maximum absolute atomic E-state index is 11.8. The zero-order valence-electron chi connectivity index (χ0n) is 9.34. The van der Waals surface area contributed by atoms with E-state index in [9.17, 15) is 4.79 Å². The molecule has 2 rings (SSSR count). The van der Waals surface area contributed by atoms with Gasteiger partial charge in [0.1, 0.15) is 5.58 Å². The molecule has 2 aromatic rings. The van der Waals surface area contributed by atoms with Crippen LogP contribution in [0.2, 0.25) is 5.02 Å². The average molecular weight is 237 g/mol. The average Bonchev–Trinajstić information content (AvgIpc) is 2.29. The molecule has 0 aliphatic rings. The summed E-state index contributed by atoms with van der Waals surface area (Å²) in [6.07, 6.45) is 3.00. The fourth-order valence-electron chi connectivity index (χ4n) is 1.95. The van der Waals surface area contributed by atoms with Gasteiger partial charge in [-0.05, 0) is 30.0 Å². The van der Waals surface area contributed by atoms with E-state index in [1.807, 2.05) is 19.9 Å². The molecule has 0 bridgehead atoms. The van der Waals surface area contributed by atoms with Gasteiger partial charge in [0.15, 0.2) is 5.43 Å². The number of halogens is 1. The molecule has 0 saturated carbocycles. The summed E-state index contributed by atoms with van der Waals surface area (Å²) in [6.45, 7) is 4.03. The number of aryl methyl sites for hydroxylation is 2. The number of hydrogen-bond donors (Lipinski definition) is 0. The number of benzene rings is 1. The lowest BCUT2D eigenvalue weighted by molar-refractivity contribution is 0.601. The van der Waals surface area contributed by atoms with E-state index in [-0.39, 0.29) is 5.43 Å². The lowest BCUT2D eigenvalue weighted by atomic mass is 10.0. The molecule has 2 nitrogen and oxygen atoms in total. The van der Waals surface area contributed by atoms with E-state index < -0.39 is 0 Å². The molecule has 0 fully saturated rings. The van der Waals surface area contributed by atoms with Crippen LogP contribution in [-0.4, -0.2) is 0 Å². The maximum Gasteiger partial charge on any atom is 0.192 e. The minimum atomic E-state index is -0.0253. The van der Waals surface area contributed by atoms with Crippen LogP contribution in [0.5, 0.6) is 0 Å². The summed E-state index contributed by atoms with van der Waals surface area (Å²) in [4.78, 5) is 11.8. The molecule has 16 heavy (non-hydrogen) atoms. The van der Waals surface area contributed by atoms with Crippen LogP contribution in [0.1, 0.15) is 25.0 Å². The normalized spacial score (nSPS) is 10.9. The van der Waals surface area contributed by atoms with Crippen molar-refractivity contribution in [3.8, 4) is 0 Å². The van der Waals surface area contributed by atoms with Gasteiger partial charge in [-0.15, -0.1) is 0 Å². The molecule has 3 heteroatoms. The van der Waals surface area contributed by atoms with Crippen LogP contribution in [0.4, 0.5) is 0 Å². The fourth-order valence-corrected chi connectivity index (χ4v) is 2.37. The van der Waals surface area contributed by atoms with Crippen molar-refractivity contribution >= 4 is 22.6 Å². The number of fused-ring (bicyclic) bond motifs is 1. The molecular formula is C13H13ClO2. The van der Waals surface area contributed by atoms with Gasteiger partial charge in [-0.3, -0.25) is 4.79 Å². The quantitative estimate of drug-likeness (QED) is 0.798. The first-order valence-electron chi connectivity index (χ1n) is 5.40. The minimum Gasteiger partial charge on any atom is -0.464 e. The third kappa shape index (κ3) is 1.63. The van der Waals surface area contributed by atoms with Crippen LogP contribution < -0.4 is 5.43 Å². The van der Waals surface area contributed by atoms with Crippen molar-refractivity contribution in [2.45, 2.75) is 26.7 Å². The summed E-state index contributed by atoms with van der Waals surface area (Å²) in [7, 11) is 0. The van der Waals surface area contributed by atoms with Gasteiger partial charge >= 0.3 is 0 Å². The summed E-state index contributed by atoms with van der Waals surface area (Å²) in [5.41, 5.74) is 2.53. The Balaban J connectivity index is 2.96. The van der Waals surface area contributed by atoms with Crippen molar-refractivity contribution in [3.05, 3.63) is 44.8 Å². The van der Waals surface area contributed by atoms with E-state index in [2.05, 4.69) is 0 Å². The SMILES string of the molecule is CCc1cc2occc(=O)c2c(CC)c1Cl. The van der Waals surface area contributed by atoms with Crippen molar-refractivity contribution in [2.75, 3.05) is 0 Å². The van der Waals surface area contributed by atoms with E-state index in [0.717, 1.165) is 24.0 Å². The summed E-state index contributed by atoms with van der Waals surface area (Å²) >= 11 is 6.28. The van der Waals surface area contributed by atoms with Crippen molar-refractivity contribution < 1.29 is 4.42 Å². The molecule has 1 aromatic heterocycles. The Morgan fingerprint density at radius 2 is 2.06 bits per heavy atom. The van der Waals surface area contributed by atoms with Gasteiger partial charge in [-0.2, -0.15) is 0 Å². The molecule has 0 amide bonds. The minimum absolute atomic E-state index is 0.0253. The van der Waals surface area contributed by atoms with Crippen LogP contribution in [0, 0.1) is 0 Å². The Morgan fingerprint density at radius 3 is 2.69 bits per heavy atom. The summed E-state index contributed by atoms with van der Waals surface area (Å²) < 4.78 is 5.37. The predicted molar refractivity (Wildman–Crippen MR) is 66.3 cm³/mol. The fraction of sp³-hybridized carbons (Fsp3) is 0.308. The van der Waals surface area contributed by atoms with Crippen LogP contribution >= 0.6 is 11.6 Å². The van der Waals surface area contributed by atoms with E-state index in [4.69, 9.17) is 16.0 Å². The van der Waals surface area contributed by atoms with Crippen LogP contribution in [0.15, 0.2) is 27.6 Å². The Labute approximate surface area is 98.8 Å². The highest BCUT2D eigenvalue weighted by Crippen LogP contribution is 2.28. The maximum atomic E-state index is 11.8. The lowest BCUT2D eigenvalue weighted by Crippen LogP contribution is -2.04. The first-order valence-corrected chi connectivity index (χ1v) is 5.78. The third-order valence-corrected chi connectivity index (χ3v) is 3.27. The molecule has 0 aliphatic carbocycles. The molecule has 0 saturated heterocycles. The van der Waals surface area contributed by atoms with Crippen molar-refractivity contribution in [3.63, 3.8) is 0 Å². The van der Waals surface area contributed by atoms with Crippen LogP contribution in [0.3, 0.4) is 0 Å². The topological polar surface area (TPSA) is 30.2 Å². The monoisotopic (exact) mass is 236 g/mol. The molecule has 0 spiro atoms. The second-order valence-electron chi connectivity index (χ2n) is 3.69. The smallest absolute Gasteiger partial charge is 0.192 e.